The molecule has 1 heterocycles. The molecular weight excluding hydrogens is 572 g/mol. The molecule has 0 aliphatic carbocycles. The summed E-state index contributed by atoms with van der Waals surface area (Å²) in [7, 11) is -4.09. The summed E-state index contributed by atoms with van der Waals surface area (Å²) in [6, 6.07) is 9.04. The fourth-order valence-corrected chi connectivity index (χ4v) is 5.19. The number of hydrogen-bond acceptors (Lipinski definition) is 9. The van der Waals surface area contributed by atoms with Crippen molar-refractivity contribution < 1.29 is 37.1 Å². The topological polar surface area (TPSA) is 169 Å². The molecule has 41 heavy (non-hydrogen) atoms. The largest absolute Gasteiger partial charge is 0.459 e. The number of benzene rings is 1. The van der Waals surface area contributed by atoms with Gasteiger partial charge in [0.2, 0.25) is 10.0 Å². The van der Waals surface area contributed by atoms with E-state index in [1.54, 1.807) is 59.7 Å². The first-order valence-electron chi connectivity index (χ1n) is 12.9. The van der Waals surface area contributed by atoms with Gasteiger partial charge in [0.05, 0.1) is 14.6 Å². The zero-order valence-corrected chi connectivity index (χ0v) is 25.7. The third-order valence-corrected chi connectivity index (χ3v) is 7.44. The van der Waals surface area contributed by atoms with Crippen LogP contribution in [0, 0.1) is 0 Å². The van der Waals surface area contributed by atoms with Crippen LogP contribution in [0.3, 0.4) is 0 Å². The molecule has 0 aliphatic heterocycles. The van der Waals surface area contributed by atoms with E-state index < -0.39 is 51.1 Å². The summed E-state index contributed by atoms with van der Waals surface area (Å²) >= 11 is 0.936. The Morgan fingerprint density at radius 2 is 1.32 bits per heavy atom. The van der Waals surface area contributed by atoms with Gasteiger partial charge in [-0.15, -0.1) is 11.3 Å². The minimum atomic E-state index is -4.09. The number of thiophene rings is 1. The van der Waals surface area contributed by atoms with Gasteiger partial charge in [-0.3, -0.25) is 14.4 Å². The van der Waals surface area contributed by atoms with Crippen molar-refractivity contribution in [2.45, 2.75) is 70.1 Å². The molecule has 4 N–H and O–H groups in total. The van der Waals surface area contributed by atoms with Crippen LogP contribution in [0.5, 0.6) is 0 Å². The number of alkyl carbamates (subject to hydrolysis) is 1. The van der Waals surface area contributed by atoms with E-state index in [1.807, 2.05) is 0 Å². The molecule has 2 rings (SSSR count). The molecule has 1 atom stereocenters. The fraction of sp³-hybridized carbons (Fsp3) is 0.481. The van der Waals surface area contributed by atoms with Gasteiger partial charge in [-0.25, -0.2) is 13.2 Å². The van der Waals surface area contributed by atoms with Crippen LogP contribution < -0.4 is 20.7 Å². The summed E-state index contributed by atoms with van der Waals surface area (Å²) in [5, 5.41) is 7.85. The first-order valence-corrected chi connectivity index (χ1v) is 15.2. The van der Waals surface area contributed by atoms with E-state index in [0.717, 1.165) is 11.3 Å². The van der Waals surface area contributed by atoms with Crippen molar-refractivity contribution in [3.63, 3.8) is 0 Å². The summed E-state index contributed by atoms with van der Waals surface area (Å²) in [6.07, 6.45) is -0.0752. The van der Waals surface area contributed by atoms with E-state index in [9.17, 15) is 27.6 Å². The number of carbonyl (C=O) groups excluding carboxylic acids is 4. The van der Waals surface area contributed by atoms with Gasteiger partial charge in [0, 0.05) is 19.6 Å². The van der Waals surface area contributed by atoms with Crippen molar-refractivity contribution in [1.82, 2.24) is 20.7 Å². The molecule has 1 aromatic heterocycles. The highest BCUT2D eigenvalue weighted by atomic mass is 32.2. The molecule has 0 spiro atoms. The minimum absolute atomic E-state index is 0.0468. The van der Waals surface area contributed by atoms with Crippen molar-refractivity contribution in [2.75, 3.05) is 19.6 Å². The first-order chi connectivity index (χ1) is 19.0. The number of carbonyl (C=O) groups is 4. The van der Waals surface area contributed by atoms with Crippen molar-refractivity contribution in [1.29, 1.82) is 0 Å². The number of amides is 3. The number of esters is 1. The number of sulfonamides is 1. The molecule has 0 aliphatic rings. The van der Waals surface area contributed by atoms with Crippen molar-refractivity contribution in [3.05, 3.63) is 52.2 Å². The Labute approximate surface area is 244 Å². The second-order valence-electron chi connectivity index (χ2n) is 10.9. The Kier molecular flexibility index (Phi) is 11.9. The van der Waals surface area contributed by atoms with Crippen LogP contribution in [0.1, 0.15) is 67.3 Å². The number of ether oxygens (including phenoxy) is 2. The number of nitrogens with one attached hydrogen (secondary N) is 4. The summed E-state index contributed by atoms with van der Waals surface area (Å²) in [5.74, 6) is -1.85. The molecule has 14 heteroatoms. The smallest absolute Gasteiger partial charge is 0.407 e. The molecular formula is C27H38N4O8S2. The van der Waals surface area contributed by atoms with E-state index in [1.165, 1.54) is 24.3 Å². The van der Waals surface area contributed by atoms with Crippen molar-refractivity contribution in [3.8, 4) is 0 Å². The highest BCUT2D eigenvalue weighted by Gasteiger charge is 2.30. The quantitative estimate of drug-likeness (QED) is 0.210. The maximum atomic E-state index is 12.8. The molecule has 1 unspecified atom stereocenters. The standard InChI is InChI=1S/C27H38N4O8S2/c1-26(2,3)38-24(34)19(31-41(36,37)18-11-8-7-9-12-18)17-30-23(33)21-14-13-20(40-21)22(32)28-15-10-16-29-25(35)39-27(4,5)6/h7-9,11-14,19,31H,10,15-17H2,1-6H3,(H,28,32)(H,29,35)(H,30,33). The Hall–Kier alpha value is -3.49. The molecule has 12 nitrogen and oxygen atoms in total. The third-order valence-electron chi connectivity index (χ3n) is 4.87. The van der Waals surface area contributed by atoms with E-state index in [2.05, 4.69) is 20.7 Å². The Morgan fingerprint density at radius 1 is 0.780 bits per heavy atom. The van der Waals surface area contributed by atoms with Gasteiger partial charge >= 0.3 is 12.1 Å². The van der Waals surface area contributed by atoms with Crippen molar-refractivity contribution >= 4 is 45.2 Å². The maximum Gasteiger partial charge on any atom is 0.407 e. The summed E-state index contributed by atoms with van der Waals surface area (Å²) in [5.41, 5.74) is -1.49. The van der Waals surface area contributed by atoms with Gasteiger partial charge in [-0.1, -0.05) is 18.2 Å². The van der Waals surface area contributed by atoms with Crippen LogP contribution in [-0.4, -0.2) is 69.2 Å². The predicted octanol–water partition coefficient (Wildman–Crippen LogP) is 2.81. The first kappa shape index (κ1) is 33.7. The zero-order valence-electron chi connectivity index (χ0n) is 24.0. The number of rotatable bonds is 12. The summed E-state index contributed by atoms with van der Waals surface area (Å²) in [6.45, 7) is 10.4. The average molecular weight is 611 g/mol. The van der Waals surface area contributed by atoms with Gasteiger partial charge in [-0.2, -0.15) is 4.72 Å². The number of hydrogen-bond donors (Lipinski definition) is 4. The van der Waals surface area contributed by atoms with E-state index >= 15 is 0 Å². The molecule has 3 amide bonds. The maximum absolute atomic E-state index is 12.8. The van der Waals surface area contributed by atoms with Crippen LogP contribution in [0.15, 0.2) is 47.4 Å². The minimum Gasteiger partial charge on any atom is -0.459 e. The average Bonchev–Trinajstić information content (AvgIpc) is 3.35. The van der Waals surface area contributed by atoms with Crippen LogP contribution in [0.4, 0.5) is 4.79 Å². The lowest BCUT2D eigenvalue weighted by atomic mass is 10.2. The van der Waals surface area contributed by atoms with Crippen molar-refractivity contribution in [2.24, 2.45) is 0 Å². The molecule has 0 radical (unpaired) electrons. The monoisotopic (exact) mass is 610 g/mol. The Bertz CT molecular complexity index is 1310. The van der Waals surface area contributed by atoms with Crippen LogP contribution >= 0.6 is 11.3 Å². The van der Waals surface area contributed by atoms with E-state index in [-0.39, 0.29) is 27.7 Å². The molecule has 0 fully saturated rings. The van der Waals surface area contributed by atoms with E-state index in [4.69, 9.17) is 9.47 Å². The molecule has 1 aromatic carbocycles. The summed E-state index contributed by atoms with van der Waals surface area (Å²) in [4.78, 5) is 50.1. The van der Waals surface area contributed by atoms with E-state index in [0.29, 0.717) is 13.0 Å². The van der Waals surface area contributed by atoms with Gasteiger partial charge in [0.25, 0.3) is 11.8 Å². The van der Waals surface area contributed by atoms with Gasteiger partial charge in [-0.05, 0) is 72.2 Å². The van der Waals surface area contributed by atoms with Crippen LogP contribution in [0.25, 0.3) is 0 Å². The fourth-order valence-electron chi connectivity index (χ4n) is 3.15. The highest BCUT2D eigenvalue weighted by Crippen LogP contribution is 2.17. The predicted molar refractivity (Wildman–Crippen MR) is 154 cm³/mol. The molecule has 0 bridgehead atoms. The molecule has 2 aromatic rings. The second-order valence-corrected chi connectivity index (χ2v) is 13.7. The van der Waals surface area contributed by atoms with Gasteiger partial charge < -0.3 is 25.4 Å². The molecule has 226 valence electrons. The van der Waals surface area contributed by atoms with Crippen LogP contribution in [0.2, 0.25) is 0 Å². The summed E-state index contributed by atoms with van der Waals surface area (Å²) < 4.78 is 38.4. The normalized spacial score (nSPS) is 12.6. The highest BCUT2D eigenvalue weighted by molar-refractivity contribution is 7.89. The lowest BCUT2D eigenvalue weighted by Gasteiger charge is -2.24. The lowest BCUT2D eigenvalue weighted by molar-refractivity contribution is -0.156. The molecule has 0 saturated carbocycles. The Balaban J connectivity index is 1.94. The van der Waals surface area contributed by atoms with Gasteiger partial charge in [0.15, 0.2) is 0 Å². The Morgan fingerprint density at radius 3 is 1.88 bits per heavy atom. The third kappa shape index (κ3) is 12.3. The SMILES string of the molecule is CC(C)(C)OC(=O)NCCCNC(=O)c1ccc(C(=O)NCC(NS(=O)(=O)c2ccccc2)C(=O)OC(C)(C)C)s1. The van der Waals surface area contributed by atoms with Crippen LogP contribution in [-0.2, 0) is 24.3 Å². The molecule has 0 saturated heterocycles. The lowest BCUT2D eigenvalue weighted by Crippen LogP contribution is -2.50. The second kappa shape index (κ2) is 14.4. The van der Waals surface area contributed by atoms with Gasteiger partial charge in [0.1, 0.15) is 17.2 Å². The zero-order chi connectivity index (χ0) is 30.8.